The lowest BCUT2D eigenvalue weighted by Crippen LogP contribution is -2.33. The second-order valence-electron chi connectivity index (χ2n) is 10.5. The van der Waals surface area contributed by atoms with Gasteiger partial charge in [-0.2, -0.15) is 4.31 Å². The largest absolute Gasteiger partial charge is 0.465 e. The van der Waals surface area contributed by atoms with E-state index >= 15 is 8.78 Å². The van der Waals surface area contributed by atoms with E-state index in [1.807, 2.05) is 30.3 Å². The van der Waals surface area contributed by atoms with E-state index in [1.165, 1.54) is 13.4 Å². The van der Waals surface area contributed by atoms with Crippen molar-refractivity contribution in [3.05, 3.63) is 138 Å². The SMILES string of the molecule is COC(=O)c1ccc(Cn2cnnc2CN(CCCCc2ccccc2)S(=O)(=O)c2cc(F)c(-c3ccccc3)cc2F)cc1. The number of carbonyl (C=O) groups is 1. The molecule has 232 valence electrons. The summed E-state index contributed by atoms with van der Waals surface area (Å²) in [4.78, 5) is 11.0. The maximum absolute atomic E-state index is 15.5. The van der Waals surface area contributed by atoms with Gasteiger partial charge in [-0.1, -0.05) is 72.8 Å². The number of aryl methyl sites for hydroxylation is 1. The fourth-order valence-electron chi connectivity index (χ4n) is 5.00. The number of rotatable bonds is 13. The van der Waals surface area contributed by atoms with Crippen LogP contribution in [0.25, 0.3) is 11.1 Å². The Bertz CT molecular complexity index is 1850. The average Bonchev–Trinajstić information content (AvgIpc) is 3.50. The van der Waals surface area contributed by atoms with E-state index in [0.717, 1.165) is 34.0 Å². The summed E-state index contributed by atoms with van der Waals surface area (Å²) in [5, 5.41) is 8.13. The van der Waals surface area contributed by atoms with E-state index < -0.39 is 32.5 Å². The van der Waals surface area contributed by atoms with Crippen molar-refractivity contribution in [2.75, 3.05) is 13.7 Å². The van der Waals surface area contributed by atoms with Crippen LogP contribution in [0.3, 0.4) is 0 Å². The van der Waals surface area contributed by atoms with Gasteiger partial charge in [0, 0.05) is 12.1 Å². The van der Waals surface area contributed by atoms with E-state index in [4.69, 9.17) is 4.74 Å². The van der Waals surface area contributed by atoms with Gasteiger partial charge in [0.1, 0.15) is 28.7 Å². The lowest BCUT2D eigenvalue weighted by Gasteiger charge is -2.23. The zero-order valence-corrected chi connectivity index (χ0v) is 25.5. The summed E-state index contributed by atoms with van der Waals surface area (Å²) >= 11 is 0. The van der Waals surface area contributed by atoms with Gasteiger partial charge in [-0.25, -0.2) is 22.0 Å². The number of carbonyl (C=O) groups excluding carboxylic acids is 1. The molecule has 1 heterocycles. The van der Waals surface area contributed by atoms with Gasteiger partial charge in [-0.05, 0) is 60.2 Å². The standard InChI is InChI=1S/C34H32F2N4O4S/c1-44-34(41)28-17-15-26(16-18-28)22-39-24-37-38-33(39)23-40(19-9-8-12-25-10-4-2-5-11-25)45(42,43)32-21-30(35)29(20-31(32)36)27-13-6-3-7-14-27/h2-7,10-11,13-18,20-21,24H,8-9,12,19,22-23H2,1H3. The molecular weight excluding hydrogens is 598 g/mol. The topological polar surface area (TPSA) is 94.4 Å². The molecule has 0 aliphatic carbocycles. The van der Waals surface area contributed by atoms with Gasteiger partial charge in [-0.15, -0.1) is 10.2 Å². The first-order chi connectivity index (χ1) is 21.8. The highest BCUT2D eigenvalue weighted by Gasteiger charge is 2.30. The minimum Gasteiger partial charge on any atom is -0.465 e. The lowest BCUT2D eigenvalue weighted by atomic mass is 10.1. The minimum atomic E-state index is -4.50. The molecule has 0 fully saturated rings. The Morgan fingerprint density at radius 3 is 2.24 bits per heavy atom. The van der Waals surface area contributed by atoms with Crippen molar-refractivity contribution in [1.82, 2.24) is 19.1 Å². The van der Waals surface area contributed by atoms with Crippen molar-refractivity contribution >= 4 is 16.0 Å². The molecule has 4 aromatic carbocycles. The first-order valence-corrected chi connectivity index (χ1v) is 15.8. The fraction of sp³-hybridized carbons (Fsp3) is 0.206. The summed E-state index contributed by atoms with van der Waals surface area (Å²) in [6.07, 6.45) is 3.36. The van der Waals surface area contributed by atoms with Crippen molar-refractivity contribution in [3.8, 4) is 11.1 Å². The van der Waals surface area contributed by atoms with Gasteiger partial charge in [0.2, 0.25) is 10.0 Å². The Hall–Kier alpha value is -4.74. The Balaban J connectivity index is 1.41. The first-order valence-electron chi connectivity index (χ1n) is 14.4. The van der Waals surface area contributed by atoms with Gasteiger partial charge >= 0.3 is 5.97 Å². The van der Waals surface area contributed by atoms with Gasteiger partial charge in [0.15, 0.2) is 0 Å². The number of sulfonamides is 1. The summed E-state index contributed by atoms with van der Waals surface area (Å²) < 4.78 is 66.3. The molecule has 0 saturated carbocycles. The van der Waals surface area contributed by atoms with E-state index in [9.17, 15) is 13.2 Å². The van der Waals surface area contributed by atoms with Crippen LogP contribution in [0, 0.1) is 11.6 Å². The van der Waals surface area contributed by atoms with Crippen LogP contribution < -0.4 is 0 Å². The summed E-state index contributed by atoms with van der Waals surface area (Å²) in [6.45, 7) is 0.132. The number of unbranched alkanes of at least 4 members (excludes halogenated alkanes) is 1. The first kappa shape index (κ1) is 31.7. The molecule has 0 spiro atoms. The van der Waals surface area contributed by atoms with Gasteiger partial charge in [-0.3, -0.25) is 0 Å². The summed E-state index contributed by atoms with van der Waals surface area (Å²) in [6, 6.07) is 26.6. The normalized spacial score (nSPS) is 11.6. The highest BCUT2D eigenvalue weighted by molar-refractivity contribution is 7.89. The minimum absolute atomic E-state index is 0.0283. The third-order valence-corrected chi connectivity index (χ3v) is 9.29. The molecule has 0 saturated heterocycles. The zero-order chi connectivity index (χ0) is 31.8. The molecule has 5 rings (SSSR count). The molecule has 0 bridgehead atoms. The molecule has 11 heteroatoms. The second-order valence-corrected chi connectivity index (χ2v) is 12.4. The molecule has 0 aliphatic rings. The van der Waals surface area contributed by atoms with Gasteiger partial charge in [0.25, 0.3) is 0 Å². The van der Waals surface area contributed by atoms with Crippen LogP contribution in [0.1, 0.15) is 40.2 Å². The molecule has 0 unspecified atom stereocenters. The maximum Gasteiger partial charge on any atom is 0.337 e. The Kier molecular flexibility index (Phi) is 10.1. The van der Waals surface area contributed by atoms with Gasteiger partial charge in [0.05, 0.1) is 25.8 Å². The smallest absolute Gasteiger partial charge is 0.337 e. The number of halogens is 2. The Morgan fingerprint density at radius 1 is 0.867 bits per heavy atom. The zero-order valence-electron chi connectivity index (χ0n) is 24.6. The van der Waals surface area contributed by atoms with E-state index in [2.05, 4.69) is 10.2 Å². The number of benzene rings is 4. The second kappa shape index (κ2) is 14.4. The number of esters is 1. The highest BCUT2D eigenvalue weighted by Crippen LogP contribution is 2.30. The third kappa shape index (κ3) is 7.68. The molecule has 1 aromatic heterocycles. The van der Waals surface area contributed by atoms with Crippen LogP contribution in [-0.4, -0.2) is 47.1 Å². The number of hydrogen-bond acceptors (Lipinski definition) is 6. The molecule has 0 amide bonds. The van der Waals surface area contributed by atoms with Crippen LogP contribution in [0.15, 0.2) is 108 Å². The summed E-state index contributed by atoms with van der Waals surface area (Å²) in [7, 11) is -3.19. The molecular formula is C34H32F2N4O4S. The molecule has 0 aliphatic heterocycles. The van der Waals surface area contributed by atoms with Crippen LogP contribution in [0.5, 0.6) is 0 Å². The van der Waals surface area contributed by atoms with E-state index in [-0.39, 0.29) is 18.7 Å². The number of aromatic nitrogens is 3. The molecule has 8 nitrogen and oxygen atoms in total. The number of ether oxygens (including phenoxy) is 1. The predicted molar refractivity (Wildman–Crippen MR) is 166 cm³/mol. The quantitative estimate of drug-likeness (QED) is 0.112. The molecule has 0 atom stereocenters. The molecule has 0 radical (unpaired) electrons. The van der Waals surface area contributed by atoms with Crippen molar-refractivity contribution in [2.45, 2.75) is 37.2 Å². The molecule has 5 aromatic rings. The summed E-state index contributed by atoms with van der Waals surface area (Å²) in [5.41, 5.74) is 2.73. The Labute approximate surface area is 261 Å². The van der Waals surface area contributed by atoms with Crippen molar-refractivity contribution in [3.63, 3.8) is 0 Å². The molecule has 0 N–H and O–H groups in total. The van der Waals surface area contributed by atoms with Crippen LogP contribution in [0.2, 0.25) is 0 Å². The number of methoxy groups -OCH3 is 1. The Morgan fingerprint density at radius 2 is 1.56 bits per heavy atom. The summed E-state index contributed by atoms with van der Waals surface area (Å²) in [5.74, 6) is -2.03. The van der Waals surface area contributed by atoms with Crippen molar-refractivity contribution in [1.29, 1.82) is 0 Å². The highest BCUT2D eigenvalue weighted by atomic mass is 32.2. The maximum atomic E-state index is 15.5. The van der Waals surface area contributed by atoms with Crippen LogP contribution in [0.4, 0.5) is 8.78 Å². The average molecular weight is 631 g/mol. The lowest BCUT2D eigenvalue weighted by molar-refractivity contribution is 0.0600. The van der Waals surface area contributed by atoms with E-state index in [0.29, 0.717) is 36.3 Å². The number of nitrogens with zero attached hydrogens (tertiary/aromatic N) is 4. The fourth-order valence-corrected chi connectivity index (χ4v) is 6.49. The third-order valence-electron chi connectivity index (χ3n) is 7.43. The van der Waals surface area contributed by atoms with E-state index in [1.54, 1.807) is 59.2 Å². The monoisotopic (exact) mass is 630 g/mol. The van der Waals surface area contributed by atoms with Crippen molar-refractivity contribution in [2.24, 2.45) is 0 Å². The van der Waals surface area contributed by atoms with Gasteiger partial charge < -0.3 is 9.30 Å². The molecule has 45 heavy (non-hydrogen) atoms. The number of hydrogen-bond donors (Lipinski definition) is 0. The predicted octanol–water partition coefficient (Wildman–Crippen LogP) is 6.27. The van der Waals surface area contributed by atoms with Crippen LogP contribution in [-0.2, 0) is 34.3 Å². The van der Waals surface area contributed by atoms with Crippen LogP contribution >= 0.6 is 0 Å². The van der Waals surface area contributed by atoms with Crippen molar-refractivity contribution < 1.29 is 26.7 Å².